The van der Waals surface area contributed by atoms with Crippen molar-refractivity contribution in [2.45, 2.75) is 11.2 Å². The van der Waals surface area contributed by atoms with E-state index >= 15 is 0 Å². The first-order chi connectivity index (χ1) is 9.43. The number of rotatable bonds is 7. The van der Waals surface area contributed by atoms with Gasteiger partial charge in [-0.3, -0.25) is 14.9 Å². The summed E-state index contributed by atoms with van der Waals surface area (Å²) < 4.78 is 5.46. The molecule has 0 saturated heterocycles. The number of ether oxygens (including phenoxy) is 1. The summed E-state index contributed by atoms with van der Waals surface area (Å²) in [6, 6.07) is 4.15. The van der Waals surface area contributed by atoms with Gasteiger partial charge in [0, 0.05) is 40.7 Å². The number of nitrogens with one attached hydrogen (secondary N) is 1. The van der Waals surface area contributed by atoms with Crippen molar-refractivity contribution in [3.63, 3.8) is 0 Å². The zero-order chi connectivity index (χ0) is 15.1. The third-order valence-electron chi connectivity index (χ3n) is 2.45. The fourth-order valence-electron chi connectivity index (χ4n) is 1.52. The van der Waals surface area contributed by atoms with E-state index in [0.717, 1.165) is 0 Å². The Labute approximate surface area is 133 Å². The molecule has 1 rings (SSSR count). The molecule has 1 unspecified atom stereocenters. The highest BCUT2D eigenvalue weighted by molar-refractivity contribution is 9.10. The van der Waals surface area contributed by atoms with Gasteiger partial charge >= 0.3 is 0 Å². The highest BCUT2D eigenvalue weighted by Gasteiger charge is 2.14. The molecule has 20 heavy (non-hydrogen) atoms. The van der Waals surface area contributed by atoms with Crippen molar-refractivity contribution in [1.82, 2.24) is 5.32 Å². The van der Waals surface area contributed by atoms with E-state index in [1.165, 1.54) is 12.1 Å². The average molecular weight is 410 g/mol. The van der Waals surface area contributed by atoms with Crippen molar-refractivity contribution in [1.29, 1.82) is 0 Å². The van der Waals surface area contributed by atoms with Gasteiger partial charge in [0.25, 0.3) is 11.6 Å². The van der Waals surface area contributed by atoms with Crippen molar-refractivity contribution >= 4 is 43.5 Å². The minimum absolute atomic E-state index is 0.123. The van der Waals surface area contributed by atoms with Gasteiger partial charge in [0.15, 0.2) is 0 Å². The van der Waals surface area contributed by atoms with Crippen LogP contribution in [0.2, 0.25) is 0 Å². The lowest BCUT2D eigenvalue weighted by Crippen LogP contribution is -2.27. The molecule has 0 aliphatic heterocycles. The van der Waals surface area contributed by atoms with Gasteiger partial charge in [-0.25, -0.2) is 0 Å². The van der Waals surface area contributed by atoms with Crippen molar-refractivity contribution in [3.05, 3.63) is 38.3 Å². The Morgan fingerprint density at radius 2 is 2.20 bits per heavy atom. The highest BCUT2D eigenvalue weighted by atomic mass is 79.9. The molecule has 0 radical (unpaired) electrons. The van der Waals surface area contributed by atoms with Crippen LogP contribution in [0.3, 0.4) is 0 Å². The number of non-ortho nitro benzene ring substituents is 1. The number of nitro benzene ring substituents is 1. The molecule has 110 valence electrons. The second-order valence-electron chi connectivity index (χ2n) is 4.05. The molecule has 1 N–H and O–H groups in total. The molecule has 0 bridgehead atoms. The van der Waals surface area contributed by atoms with Crippen molar-refractivity contribution < 1.29 is 14.5 Å². The summed E-state index contributed by atoms with van der Waals surface area (Å²) in [5, 5.41) is 13.4. The van der Waals surface area contributed by atoms with Crippen LogP contribution in [0.5, 0.6) is 0 Å². The number of nitrogens with zero attached hydrogens (tertiary/aromatic N) is 1. The van der Waals surface area contributed by atoms with Gasteiger partial charge < -0.3 is 10.1 Å². The zero-order valence-electron chi connectivity index (χ0n) is 10.8. The molecule has 0 spiro atoms. The fourth-order valence-corrected chi connectivity index (χ4v) is 2.49. The lowest BCUT2D eigenvalue weighted by molar-refractivity contribution is -0.385. The Hall–Kier alpha value is -0.990. The molecule has 1 aromatic rings. The topological polar surface area (TPSA) is 81.5 Å². The molecule has 0 saturated carbocycles. The van der Waals surface area contributed by atoms with E-state index in [1.807, 2.05) is 0 Å². The molecule has 0 heterocycles. The van der Waals surface area contributed by atoms with Crippen LogP contribution in [-0.4, -0.2) is 35.9 Å². The Morgan fingerprint density at radius 1 is 1.50 bits per heavy atom. The second-order valence-corrected chi connectivity index (χ2v) is 6.26. The minimum atomic E-state index is -0.533. The number of hydrogen-bond acceptors (Lipinski definition) is 4. The number of nitro groups is 1. The van der Waals surface area contributed by atoms with Gasteiger partial charge in [-0.05, 0) is 12.5 Å². The SMILES string of the molecule is COCC(Br)CCNC(=O)c1cc(Br)cc([N+](=O)[O-])c1. The Bertz CT molecular complexity index is 496. The van der Waals surface area contributed by atoms with Gasteiger partial charge in [0.1, 0.15) is 0 Å². The van der Waals surface area contributed by atoms with Gasteiger partial charge in [-0.1, -0.05) is 31.9 Å². The van der Waals surface area contributed by atoms with Crippen LogP contribution in [0.25, 0.3) is 0 Å². The maximum Gasteiger partial charge on any atom is 0.271 e. The molecule has 6 nitrogen and oxygen atoms in total. The number of benzene rings is 1. The number of halogens is 2. The van der Waals surface area contributed by atoms with Crippen molar-refractivity contribution in [3.8, 4) is 0 Å². The van der Waals surface area contributed by atoms with E-state index in [4.69, 9.17) is 4.74 Å². The first-order valence-electron chi connectivity index (χ1n) is 5.80. The van der Waals surface area contributed by atoms with E-state index in [2.05, 4.69) is 37.2 Å². The molecule has 1 atom stereocenters. The van der Waals surface area contributed by atoms with Gasteiger partial charge in [-0.2, -0.15) is 0 Å². The van der Waals surface area contributed by atoms with Crippen molar-refractivity contribution in [2.24, 2.45) is 0 Å². The van der Waals surface area contributed by atoms with E-state index in [-0.39, 0.29) is 22.0 Å². The minimum Gasteiger partial charge on any atom is -0.384 e. The third kappa shape index (κ3) is 5.56. The van der Waals surface area contributed by atoms with Crippen LogP contribution < -0.4 is 5.32 Å². The number of amides is 1. The Morgan fingerprint density at radius 3 is 2.80 bits per heavy atom. The van der Waals surface area contributed by atoms with Crippen LogP contribution in [0.1, 0.15) is 16.8 Å². The van der Waals surface area contributed by atoms with Crippen molar-refractivity contribution in [2.75, 3.05) is 20.3 Å². The Kier molecular flexibility index (Phi) is 7.11. The third-order valence-corrected chi connectivity index (χ3v) is 3.63. The largest absolute Gasteiger partial charge is 0.384 e. The van der Waals surface area contributed by atoms with Gasteiger partial charge in [-0.15, -0.1) is 0 Å². The molecular weight excluding hydrogens is 396 g/mol. The monoisotopic (exact) mass is 408 g/mol. The van der Waals surface area contributed by atoms with Crippen LogP contribution in [0.15, 0.2) is 22.7 Å². The van der Waals surface area contributed by atoms with Crippen LogP contribution in [-0.2, 0) is 4.74 Å². The normalized spacial score (nSPS) is 11.9. The zero-order valence-corrected chi connectivity index (χ0v) is 13.9. The maximum absolute atomic E-state index is 11.9. The van der Waals surface area contributed by atoms with Crippen LogP contribution >= 0.6 is 31.9 Å². The molecule has 8 heteroatoms. The van der Waals surface area contributed by atoms with E-state index < -0.39 is 4.92 Å². The molecule has 0 fully saturated rings. The van der Waals surface area contributed by atoms with E-state index in [0.29, 0.717) is 24.0 Å². The molecule has 0 aromatic heterocycles. The first kappa shape index (κ1) is 17.1. The molecule has 0 aliphatic rings. The maximum atomic E-state index is 11.9. The quantitative estimate of drug-likeness (QED) is 0.426. The predicted molar refractivity (Wildman–Crippen MR) is 82.3 cm³/mol. The number of alkyl halides is 1. The summed E-state index contributed by atoms with van der Waals surface area (Å²) in [6.45, 7) is 1.01. The average Bonchev–Trinajstić information content (AvgIpc) is 2.38. The summed E-state index contributed by atoms with van der Waals surface area (Å²) in [7, 11) is 1.60. The molecule has 0 aliphatic carbocycles. The summed E-state index contributed by atoms with van der Waals surface area (Å²) in [4.78, 5) is 22.3. The first-order valence-corrected chi connectivity index (χ1v) is 7.51. The van der Waals surface area contributed by atoms with Gasteiger partial charge in [0.2, 0.25) is 0 Å². The Balaban J connectivity index is 2.61. The summed E-state index contributed by atoms with van der Waals surface area (Å²) in [5.41, 5.74) is 0.131. The van der Waals surface area contributed by atoms with Crippen LogP contribution in [0, 0.1) is 10.1 Å². The summed E-state index contributed by atoms with van der Waals surface area (Å²) >= 11 is 6.57. The molecule has 1 aromatic carbocycles. The van der Waals surface area contributed by atoms with E-state index in [1.54, 1.807) is 13.2 Å². The van der Waals surface area contributed by atoms with Crippen LogP contribution in [0.4, 0.5) is 5.69 Å². The number of methoxy groups -OCH3 is 1. The lowest BCUT2D eigenvalue weighted by Gasteiger charge is -2.09. The second kappa shape index (κ2) is 8.33. The standard InChI is InChI=1S/C12H14Br2N2O4/c1-20-7-9(13)2-3-15-12(17)8-4-10(14)6-11(5-8)16(18)19/h4-6,9H,2-3,7H2,1H3,(H,15,17). The lowest BCUT2D eigenvalue weighted by atomic mass is 10.2. The van der Waals surface area contributed by atoms with Gasteiger partial charge in [0.05, 0.1) is 11.5 Å². The van der Waals surface area contributed by atoms with E-state index in [9.17, 15) is 14.9 Å². The number of hydrogen-bond donors (Lipinski definition) is 1. The smallest absolute Gasteiger partial charge is 0.271 e. The number of carbonyl (C=O) groups is 1. The summed E-state index contributed by atoms with van der Waals surface area (Å²) in [5.74, 6) is -0.341. The number of carbonyl (C=O) groups excluding carboxylic acids is 1. The highest BCUT2D eigenvalue weighted by Crippen LogP contribution is 2.21. The molecular formula is C12H14Br2N2O4. The fraction of sp³-hybridized carbons (Fsp3) is 0.417. The molecule has 1 amide bonds. The summed E-state index contributed by atoms with van der Waals surface area (Å²) in [6.07, 6.45) is 0.704. The predicted octanol–water partition coefficient (Wildman–Crippen LogP) is 2.89.